The molecule has 0 nitrogen and oxygen atoms in total. The molecule has 1 aliphatic carbocycles. The maximum absolute atomic E-state index is 12.5. The van der Waals surface area contributed by atoms with E-state index in [1.807, 2.05) is 6.08 Å². The lowest BCUT2D eigenvalue weighted by Gasteiger charge is -2.06. The fourth-order valence-corrected chi connectivity index (χ4v) is 0.960. The summed E-state index contributed by atoms with van der Waals surface area (Å²) in [5, 5.41) is 0. The molecule has 0 heterocycles. The van der Waals surface area contributed by atoms with Gasteiger partial charge >= 0.3 is 0 Å². The van der Waals surface area contributed by atoms with Crippen molar-refractivity contribution in [2.24, 2.45) is 0 Å². The molecule has 1 rings (SSSR count). The summed E-state index contributed by atoms with van der Waals surface area (Å²) < 4.78 is 12.5. The standard InChI is InChI=1S/C8H11F/c1-2-7-4-3-5-8(9)6-7/h3,5-6,8H,2,4H2,1H3. The van der Waals surface area contributed by atoms with Crippen LogP contribution in [0.3, 0.4) is 0 Å². The van der Waals surface area contributed by atoms with Gasteiger partial charge in [-0.2, -0.15) is 0 Å². The molecule has 0 N–H and O–H groups in total. The van der Waals surface area contributed by atoms with Crippen LogP contribution in [0.1, 0.15) is 19.8 Å². The van der Waals surface area contributed by atoms with Crippen molar-refractivity contribution in [2.75, 3.05) is 0 Å². The van der Waals surface area contributed by atoms with E-state index in [1.165, 1.54) is 5.57 Å². The number of hydrogen-bond donors (Lipinski definition) is 0. The van der Waals surface area contributed by atoms with E-state index in [0.717, 1.165) is 12.8 Å². The molecule has 1 atom stereocenters. The number of alkyl halides is 1. The van der Waals surface area contributed by atoms with Crippen molar-refractivity contribution in [3.05, 3.63) is 23.8 Å². The van der Waals surface area contributed by atoms with Gasteiger partial charge in [-0.3, -0.25) is 0 Å². The Morgan fingerprint density at radius 1 is 1.78 bits per heavy atom. The largest absolute Gasteiger partial charge is 0.238 e. The number of rotatable bonds is 1. The van der Waals surface area contributed by atoms with E-state index in [0.29, 0.717) is 0 Å². The van der Waals surface area contributed by atoms with Crippen LogP contribution in [-0.2, 0) is 0 Å². The molecule has 1 heteroatoms. The van der Waals surface area contributed by atoms with Gasteiger partial charge in [-0.25, -0.2) is 4.39 Å². The lowest BCUT2D eigenvalue weighted by Crippen LogP contribution is -1.96. The fourth-order valence-electron chi connectivity index (χ4n) is 0.960. The summed E-state index contributed by atoms with van der Waals surface area (Å²) in [6.07, 6.45) is 6.28. The van der Waals surface area contributed by atoms with Crippen LogP contribution in [0.5, 0.6) is 0 Å². The summed E-state index contributed by atoms with van der Waals surface area (Å²) in [4.78, 5) is 0. The lowest BCUT2D eigenvalue weighted by atomic mass is 10.0. The quantitative estimate of drug-likeness (QED) is 0.474. The second-order valence-corrected chi connectivity index (χ2v) is 2.26. The highest BCUT2D eigenvalue weighted by atomic mass is 19.1. The molecule has 0 fully saturated rings. The van der Waals surface area contributed by atoms with Gasteiger partial charge in [-0.1, -0.05) is 24.6 Å². The van der Waals surface area contributed by atoms with Gasteiger partial charge in [0.2, 0.25) is 0 Å². The Morgan fingerprint density at radius 2 is 2.56 bits per heavy atom. The van der Waals surface area contributed by atoms with Crippen LogP contribution in [0.25, 0.3) is 0 Å². The number of allylic oxidation sites excluding steroid dienone is 4. The first-order chi connectivity index (χ1) is 4.33. The Kier molecular flexibility index (Phi) is 2.04. The minimum atomic E-state index is -0.825. The molecule has 1 aliphatic rings. The third-order valence-electron chi connectivity index (χ3n) is 1.55. The van der Waals surface area contributed by atoms with E-state index in [-0.39, 0.29) is 0 Å². The van der Waals surface area contributed by atoms with Crippen LogP contribution in [0.2, 0.25) is 0 Å². The maximum Gasteiger partial charge on any atom is 0.137 e. The topological polar surface area (TPSA) is 0 Å². The van der Waals surface area contributed by atoms with E-state index in [2.05, 4.69) is 6.92 Å². The van der Waals surface area contributed by atoms with Crippen LogP contribution in [0.15, 0.2) is 23.8 Å². The smallest absolute Gasteiger partial charge is 0.137 e. The average Bonchev–Trinajstić information content (AvgIpc) is 1.88. The van der Waals surface area contributed by atoms with Crippen LogP contribution >= 0.6 is 0 Å². The average molecular weight is 126 g/mol. The zero-order valence-electron chi connectivity index (χ0n) is 5.60. The molecule has 0 spiro atoms. The molecule has 9 heavy (non-hydrogen) atoms. The van der Waals surface area contributed by atoms with Crippen LogP contribution in [0.4, 0.5) is 4.39 Å². The first-order valence-corrected chi connectivity index (χ1v) is 3.33. The number of halogens is 1. The first kappa shape index (κ1) is 6.53. The molecule has 0 aromatic carbocycles. The normalized spacial score (nSPS) is 26.0. The molecule has 50 valence electrons. The van der Waals surface area contributed by atoms with Gasteiger partial charge in [0, 0.05) is 0 Å². The summed E-state index contributed by atoms with van der Waals surface area (Å²) in [6.45, 7) is 2.05. The van der Waals surface area contributed by atoms with E-state index < -0.39 is 6.17 Å². The van der Waals surface area contributed by atoms with Gasteiger partial charge in [-0.15, -0.1) is 0 Å². The lowest BCUT2D eigenvalue weighted by molar-refractivity contribution is 0.462. The van der Waals surface area contributed by atoms with Gasteiger partial charge in [0.1, 0.15) is 6.17 Å². The minimum Gasteiger partial charge on any atom is -0.238 e. The van der Waals surface area contributed by atoms with Gasteiger partial charge in [0.05, 0.1) is 0 Å². The van der Waals surface area contributed by atoms with Gasteiger partial charge in [-0.05, 0) is 18.9 Å². The fraction of sp³-hybridized carbons (Fsp3) is 0.500. The van der Waals surface area contributed by atoms with Crippen LogP contribution < -0.4 is 0 Å². The van der Waals surface area contributed by atoms with Gasteiger partial charge < -0.3 is 0 Å². The van der Waals surface area contributed by atoms with Crippen molar-refractivity contribution < 1.29 is 4.39 Å². The summed E-state index contributed by atoms with van der Waals surface area (Å²) in [5.74, 6) is 0. The molecule has 0 aliphatic heterocycles. The molecule has 0 aromatic rings. The molecule has 0 saturated carbocycles. The van der Waals surface area contributed by atoms with Crippen LogP contribution in [0, 0.1) is 0 Å². The van der Waals surface area contributed by atoms with Gasteiger partial charge in [0.15, 0.2) is 0 Å². The summed E-state index contributed by atoms with van der Waals surface area (Å²) in [7, 11) is 0. The highest BCUT2D eigenvalue weighted by molar-refractivity contribution is 5.18. The first-order valence-electron chi connectivity index (χ1n) is 3.33. The summed E-state index contributed by atoms with van der Waals surface area (Å²) >= 11 is 0. The van der Waals surface area contributed by atoms with Crippen molar-refractivity contribution >= 4 is 0 Å². The Bertz CT molecular complexity index is 145. The molecule has 0 radical (unpaired) electrons. The monoisotopic (exact) mass is 126 g/mol. The molecule has 0 aromatic heterocycles. The Balaban J connectivity index is 2.55. The highest BCUT2D eigenvalue weighted by Gasteiger charge is 2.03. The molecular formula is C8H11F. The SMILES string of the molecule is CCC1=CC(F)C=CC1. The Hall–Kier alpha value is -0.590. The zero-order valence-corrected chi connectivity index (χ0v) is 5.60. The highest BCUT2D eigenvalue weighted by Crippen LogP contribution is 2.15. The van der Waals surface area contributed by atoms with E-state index in [9.17, 15) is 4.39 Å². The van der Waals surface area contributed by atoms with E-state index >= 15 is 0 Å². The van der Waals surface area contributed by atoms with E-state index in [1.54, 1.807) is 12.2 Å². The van der Waals surface area contributed by atoms with Crippen molar-refractivity contribution in [1.82, 2.24) is 0 Å². The third-order valence-corrected chi connectivity index (χ3v) is 1.55. The minimum absolute atomic E-state index is 0.825. The van der Waals surface area contributed by atoms with Crippen molar-refractivity contribution in [1.29, 1.82) is 0 Å². The van der Waals surface area contributed by atoms with E-state index in [4.69, 9.17) is 0 Å². The third kappa shape index (κ3) is 1.67. The Morgan fingerprint density at radius 3 is 3.00 bits per heavy atom. The summed E-state index contributed by atoms with van der Waals surface area (Å²) in [6, 6.07) is 0. The van der Waals surface area contributed by atoms with Crippen molar-refractivity contribution in [3.8, 4) is 0 Å². The van der Waals surface area contributed by atoms with Gasteiger partial charge in [0.25, 0.3) is 0 Å². The molecule has 1 unspecified atom stereocenters. The molecule has 0 saturated heterocycles. The van der Waals surface area contributed by atoms with Crippen molar-refractivity contribution in [3.63, 3.8) is 0 Å². The second kappa shape index (κ2) is 2.81. The predicted octanol–water partition coefficient (Wildman–Crippen LogP) is 2.62. The second-order valence-electron chi connectivity index (χ2n) is 2.26. The molecule has 0 amide bonds. The van der Waals surface area contributed by atoms with Crippen LogP contribution in [-0.4, -0.2) is 6.17 Å². The summed E-state index contributed by atoms with van der Waals surface area (Å²) in [5.41, 5.74) is 1.21. The molecular weight excluding hydrogens is 115 g/mol. The zero-order chi connectivity index (χ0) is 6.69. The Labute approximate surface area is 55.1 Å². The number of hydrogen-bond acceptors (Lipinski definition) is 0. The molecule has 0 bridgehead atoms. The maximum atomic E-state index is 12.5. The predicted molar refractivity (Wildman–Crippen MR) is 37.0 cm³/mol. The van der Waals surface area contributed by atoms with Crippen molar-refractivity contribution in [2.45, 2.75) is 25.9 Å².